The van der Waals surface area contributed by atoms with E-state index in [1.807, 2.05) is 12.1 Å². The molecule has 3 unspecified atom stereocenters. The van der Waals surface area contributed by atoms with Crippen LogP contribution in [-0.4, -0.2) is 14.2 Å². The molecule has 0 aliphatic heterocycles. The van der Waals surface area contributed by atoms with Crippen LogP contribution in [0.2, 0.25) is 5.02 Å². The van der Waals surface area contributed by atoms with E-state index in [4.69, 9.17) is 21.1 Å². The number of benzene rings is 1. The summed E-state index contributed by atoms with van der Waals surface area (Å²) in [5.41, 5.74) is 1.12. The van der Waals surface area contributed by atoms with Crippen molar-refractivity contribution in [3.63, 3.8) is 0 Å². The first-order valence-electron chi connectivity index (χ1n) is 6.69. The SMILES string of the molecule is COc1cc(Cl)c(C(Br)C2CC3CC3C2)cc1OC. The molecule has 19 heavy (non-hydrogen) atoms. The Hall–Kier alpha value is -0.410. The summed E-state index contributed by atoms with van der Waals surface area (Å²) in [6, 6.07) is 3.85. The normalized spacial score (nSPS) is 29.8. The van der Waals surface area contributed by atoms with Gasteiger partial charge < -0.3 is 9.47 Å². The number of halogens is 2. The largest absolute Gasteiger partial charge is 0.493 e. The number of fused-ring (bicyclic) bond motifs is 1. The lowest BCUT2D eigenvalue weighted by atomic mass is 9.94. The molecule has 1 aromatic carbocycles. The topological polar surface area (TPSA) is 18.5 Å². The van der Waals surface area contributed by atoms with Crippen molar-refractivity contribution in [2.24, 2.45) is 17.8 Å². The van der Waals surface area contributed by atoms with Crippen LogP contribution in [0.1, 0.15) is 29.7 Å². The molecule has 2 fully saturated rings. The maximum Gasteiger partial charge on any atom is 0.162 e. The molecular weight excluding hydrogens is 328 g/mol. The number of methoxy groups -OCH3 is 2. The molecule has 2 nitrogen and oxygen atoms in total. The van der Waals surface area contributed by atoms with E-state index in [-0.39, 0.29) is 0 Å². The monoisotopic (exact) mass is 344 g/mol. The molecular formula is C15H18BrClO2. The van der Waals surface area contributed by atoms with Crippen LogP contribution in [0, 0.1) is 17.8 Å². The molecule has 0 saturated heterocycles. The molecule has 1 aromatic rings. The Balaban J connectivity index is 1.86. The van der Waals surface area contributed by atoms with Crippen molar-refractivity contribution in [3.8, 4) is 11.5 Å². The lowest BCUT2D eigenvalue weighted by Gasteiger charge is -2.21. The van der Waals surface area contributed by atoms with Crippen LogP contribution in [0.4, 0.5) is 0 Å². The third-order valence-electron chi connectivity index (χ3n) is 4.49. The molecule has 0 amide bonds. The zero-order chi connectivity index (χ0) is 13.6. The molecule has 0 radical (unpaired) electrons. The summed E-state index contributed by atoms with van der Waals surface area (Å²) in [5.74, 6) is 4.08. The van der Waals surface area contributed by atoms with Crippen LogP contribution in [0.15, 0.2) is 12.1 Å². The molecule has 4 heteroatoms. The first-order valence-corrected chi connectivity index (χ1v) is 7.99. The smallest absolute Gasteiger partial charge is 0.162 e. The second-order valence-corrected chi connectivity index (χ2v) is 7.01. The van der Waals surface area contributed by atoms with E-state index in [0.29, 0.717) is 16.5 Å². The lowest BCUT2D eigenvalue weighted by molar-refractivity contribution is 0.354. The Morgan fingerprint density at radius 3 is 2.26 bits per heavy atom. The minimum absolute atomic E-state index is 0.313. The molecule has 0 spiro atoms. The average Bonchev–Trinajstić information content (AvgIpc) is 3.04. The molecule has 3 rings (SSSR count). The summed E-state index contributed by atoms with van der Waals surface area (Å²) in [7, 11) is 3.29. The van der Waals surface area contributed by atoms with Gasteiger partial charge in [0.2, 0.25) is 0 Å². The van der Waals surface area contributed by atoms with Crippen LogP contribution in [0.5, 0.6) is 11.5 Å². The highest BCUT2D eigenvalue weighted by Crippen LogP contribution is 2.59. The second-order valence-electron chi connectivity index (χ2n) is 5.62. The fourth-order valence-electron chi connectivity index (χ4n) is 3.34. The average molecular weight is 346 g/mol. The van der Waals surface area contributed by atoms with Crippen molar-refractivity contribution in [3.05, 3.63) is 22.7 Å². The van der Waals surface area contributed by atoms with E-state index in [0.717, 1.165) is 28.2 Å². The van der Waals surface area contributed by atoms with Gasteiger partial charge in [0.1, 0.15) is 0 Å². The highest BCUT2D eigenvalue weighted by atomic mass is 79.9. The van der Waals surface area contributed by atoms with Gasteiger partial charge in [-0.3, -0.25) is 0 Å². The van der Waals surface area contributed by atoms with Crippen molar-refractivity contribution in [1.29, 1.82) is 0 Å². The van der Waals surface area contributed by atoms with Crippen molar-refractivity contribution >= 4 is 27.5 Å². The van der Waals surface area contributed by atoms with Gasteiger partial charge in [0, 0.05) is 15.9 Å². The minimum Gasteiger partial charge on any atom is -0.493 e. The lowest BCUT2D eigenvalue weighted by Crippen LogP contribution is -2.07. The first-order chi connectivity index (χ1) is 9.13. The van der Waals surface area contributed by atoms with Crippen molar-refractivity contribution in [2.75, 3.05) is 14.2 Å². The molecule has 0 N–H and O–H groups in total. The molecule has 0 bridgehead atoms. The van der Waals surface area contributed by atoms with Crippen LogP contribution in [0.3, 0.4) is 0 Å². The van der Waals surface area contributed by atoms with E-state index in [2.05, 4.69) is 15.9 Å². The summed E-state index contributed by atoms with van der Waals surface area (Å²) >= 11 is 10.2. The molecule has 0 aromatic heterocycles. The Labute approximate surface area is 127 Å². The number of rotatable bonds is 4. The predicted molar refractivity (Wildman–Crippen MR) is 80.5 cm³/mol. The summed E-state index contributed by atoms with van der Waals surface area (Å²) in [6.45, 7) is 0. The van der Waals surface area contributed by atoms with Crippen LogP contribution in [0.25, 0.3) is 0 Å². The highest BCUT2D eigenvalue weighted by Gasteiger charge is 2.47. The number of alkyl halides is 1. The number of ether oxygens (including phenoxy) is 2. The quantitative estimate of drug-likeness (QED) is 0.727. The van der Waals surface area contributed by atoms with Gasteiger partial charge in [-0.1, -0.05) is 27.5 Å². The van der Waals surface area contributed by atoms with Crippen LogP contribution < -0.4 is 9.47 Å². The summed E-state index contributed by atoms with van der Waals surface area (Å²) in [6.07, 6.45) is 4.09. The van der Waals surface area contributed by atoms with Gasteiger partial charge in [0.15, 0.2) is 11.5 Å². The third kappa shape index (κ3) is 2.47. The predicted octanol–water partition coefficient (Wildman–Crippen LogP) is 4.84. The molecule has 2 aliphatic rings. The van der Waals surface area contributed by atoms with Gasteiger partial charge in [-0.15, -0.1) is 0 Å². The van der Waals surface area contributed by atoms with E-state index in [1.165, 1.54) is 19.3 Å². The van der Waals surface area contributed by atoms with Gasteiger partial charge in [-0.05, 0) is 48.6 Å². The van der Waals surface area contributed by atoms with E-state index < -0.39 is 0 Å². The van der Waals surface area contributed by atoms with Crippen LogP contribution >= 0.6 is 27.5 Å². The number of hydrogen-bond donors (Lipinski definition) is 0. The van der Waals surface area contributed by atoms with Crippen LogP contribution in [-0.2, 0) is 0 Å². The molecule has 2 aliphatic carbocycles. The summed E-state index contributed by atoms with van der Waals surface area (Å²) in [4.78, 5) is 0.313. The van der Waals surface area contributed by atoms with Crippen molar-refractivity contribution in [2.45, 2.75) is 24.1 Å². The fourth-order valence-corrected chi connectivity index (χ4v) is 4.55. The van der Waals surface area contributed by atoms with Gasteiger partial charge in [0.25, 0.3) is 0 Å². The Kier molecular flexibility index (Phi) is 3.69. The minimum atomic E-state index is 0.313. The van der Waals surface area contributed by atoms with Gasteiger partial charge >= 0.3 is 0 Å². The fraction of sp³-hybridized carbons (Fsp3) is 0.600. The number of hydrogen-bond acceptors (Lipinski definition) is 2. The van der Waals surface area contributed by atoms with Gasteiger partial charge in [0.05, 0.1) is 14.2 Å². The van der Waals surface area contributed by atoms with E-state index in [9.17, 15) is 0 Å². The Bertz CT molecular complexity index is 481. The maximum atomic E-state index is 6.39. The van der Waals surface area contributed by atoms with Gasteiger partial charge in [-0.2, -0.15) is 0 Å². The third-order valence-corrected chi connectivity index (χ3v) is 6.06. The van der Waals surface area contributed by atoms with E-state index in [1.54, 1.807) is 14.2 Å². The zero-order valence-corrected chi connectivity index (χ0v) is 13.5. The molecule has 0 heterocycles. The first kappa shape index (κ1) is 13.6. The summed E-state index contributed by atoms with van der Waals surface area (Å²) < 4.78 is 10.6. The molecule has 104 valence electrons. The summed E-state index contributed by atoms with van der Waals surface area (Å²) in [5, 5.41) is 0.750. The highest BCUT2D eigenvalue weighted by molar-refractivity contribution is 9.09. The van der Waals surface area contributed by atoms with Crippen molar-refractivity contribution in [1.82, 2.24) is 0 Å². The standard InChI is InChI=1S/C15H18BrClO2/c1-18-13-6-11(12(17)7-14(13)19-2)15(16)10-4-8-3-9(8)5-10/h6-10,15H,3-5H2,1-2H3. The van der Waals surface area contributed by atoms with Gasteiger partial charge in [-0.25, -0.2) is 0 Å². The second kappa shape index (κ2) is 5.17. The maximum absolute atomic E-state index is 6.39. The van der Waals surface area contributed by atoms with E-state index >= 15 is 0 Å². The Morgan fingerprint density at radius 1 is 1.11 bits per heavy atom. The zero-order valence-electron chi connectivity index (χ0n) is 11.2. The molecule has 2 saturated carbocycles. The van der Waals surface area contributed by atoms with Crippen molar-refractivity contribution < 1.29 is 9.47 Å². The Morgan fingerprint density at radius 2 is 1.68 bits per heavy atom. The molecule has 3 atom stereocenters.